The van der Waals surface area contributed by atoms with E-state index in [0.717, 1.165) is 5.56 Å². The number of carbonyl (C=O) groups is 1. The fourth-order valence-electron chi connectivity index (χ4n) is 3.43. The summed E-state index contributed by atoms with van der Waals surface area (Å²) in [4.78, 5) is 14.7. The summed E-state index contributed by atoms with van der Waals surface area (Å²) in [5.74, 6) is 0.844. The van der Waals surface area contributed by atoms with E-state index in [1.54, 1.807) is 47.4 Å². The van der Waals surface area contributed by atoms with E-state index >= 15 is 0 Å². The van der Waals surface area contributed by atoms with Crippen LogP contribution in [0, 0.1) is 0 Å². The van der Waals surface area contributed by atoms with Crippen LogP contribution in [0.1, 0.15) is 0 Å². The molecule has 2 aromatic carbocycles. The average Bonchev–Trinajstić information content (AvgIpc) is 3.19. The maximum absolute atomic E-state index is 12.7. The van der Waals surface area contributed by atoms with Crippen LogP contribution in [0.3, 0.4) is 0 Å². The zero-order chi connectivity index (χ0) is 22.7. The summed E-state index contributed by atoms with van der Waals surface area (Å²) in [5.41, 5.74) is 0.887. The van der Waals surface area contributed by atoms with E-state index in [0.29, 0.717) is 29.1 Å². The molecule has 0 aliphatic carbocycles. The normalized spacial score (nSPS) is 15.1. The third-order valence-corrected chi connectivity index (χ3v) is 8.40. The molecule has 11 heteroatoms. The van der Waals surface area contributed by atoms with E-state index in [4.69, 9.17) is 11.6 Å². The Morgan fingerprint density at radius 2 is 1.66 bits per heavy atom. The number of piperazine rings is 1. The lowest BCUT2D eigenvalue weighted by Crippen LogP contribution is -2.50. The molecule has 8 nitrogen and oxygen atoms in total. The summed E-state index contributed by atoms with van der Waals surface area (Å²) >= 11 is 7.25. The predicted octanol–water partition coefficient (Wildman–Crippen LogP) is 2.76. The summed E-state index contributed by atoms with van der Waals surface area (Å²) in [6.07, 6.45) is 0. The van der Waals surface area contributed by atoms with Crippen molar-refractivity contribution in [3.8, 4) is 11.4 Å². The van der Waals surface area contributed by atoms with Gasteiger partial charge < -0.3 is 9.47 Å². The van der Waals surface area contributed by atoms with Crippen molar-refractivity contribution in [2.24, 2.45) is 7.05 Å². The number of rotatable bonds is 6. The van der Waals surface area contributed by atoms with E-state index in [1.165, 1.54) is 16.1 Å². The molecule has 168 valence electrons. The van der Waals surface area contributed by atoms with Gasteiger partial charge in [-0.05, 0) is 36.4 Å². The van der Waals surface area contributed by atoms with Crippen molar-refractivity contribution in [3.05, 3.63) is 59.6 Å². The molecule has 1 aromatic heterocycles. The van der Waals surface area contributed by atoms with Crippen molar-refractivity contribution in [2.45, 2.75) is 10.1 Å². The van der Waals surface area contributed by atoms with Crippen molar-refractivity contribution >= 4 is 39.3 Å². The van der Waals surface area contributed by atoms with Gasteiger partial charge in [0.1, 0.15) is 0 Å². The Labute approximate surface area is 196 Å². The molecular formula is C21H22ClN5O3S2. The van der Waals surface area contributed by atoms with Crippen LogP contribution in [-0.2, 0) is 21.9 Å². The van der Waals surface area contributed by atoms with Gasteiger partial charge in [0.2, 0.25) is 15.9 Å². The highest BCUT2D eigenvalue weighted by Gasteiger charge is 2.30. The number of hydrogen-bond acceptors (Lipinski definition) is 6. The standard InChI is InChI=1S/C21H22ClN5O3S2/c1-25-20(16-7-9-17(22)10-8-16)23-24-21(25)31-15-19(28)26-11-13-27(14-12-26)32(29,30)18-5-3-2-4-6-18/h2-10H,11-15H2,1H3. The summed E-state index contributed by atoms with van der Waals surface area (Å²) in [7, 11) is -1.69. The van der Waals surface area contributed by atoms with Crippen molar-refractivity contribution < 1.29 is 13.2 Å². The van der Waals surface area contributed by atoms with Gasteiger partial charge >= 0.3 is 0 Å². The number of aromatic nitrogens is 3. The van der Waals surface area contributed by atoms with Crippen molar-refractivity contribution in [3.63, 3.8) is 0 Å². The molecule has 3 aromatic rings. The molecule has 1 saturated heterocycles. The van der Waals surface area contributed by atoms with Gasteiger partial charge in [0.15, 0.2) is 11.0 Å². The van der Waals surface area contributed by atoms with Crippen LogP contribution in [-0.4, -0.2) is 70.2 Å². The Morgan fingerprint density at radius 3 is 2.31 bits per heavy atom. The van der Waals surface area contributed by atoms with Gasteiger partial charge in [0.05, 0.1) is 10.6 Å². The maximum atomic E-state index is 12.7. The second-order valence-electron chi connectivity index (χ2n) is 7.26. The zero-order valence-electron chi connectivity index (χ0n) is 17.4. The van der Waals surface area contributed by atoms with Gasteiger partial charge in [-0.25, -0.2) is 8.42 Å². The Balaban J connectivity index is 1.33. The third kappa shape index (κ3) is 4.83. The second kappa shape index (κ2) is 9.62. The highest BCUT2D eigenvalue weighted by molar-refractivity contribution is 7.99. The van der Waals surface area contributed by atoms with Crippen molar-refractivity contribution in [1.29, 1.82) is 0 Å². The number of amides is 1. The van der Waals surface area contributed by atoms with Crippen LogP contribution in [0.5, 0.6) is 0 Å². The van der Waals surface area contributed by atoms with E-state index in [-0.39, 0.29) is 29.6 Å². The number of nitrogens with zero attached hydrogens (tertiary/aromatic N) is 5. The van der Waals surface area contributed by atoms with E-state index in [1.807, 2.05) is 23.7 Å². The first-order valence-corrected chi connectivity index (χ1v) is 12.8. The molecule has 0 unspecified atom stereocenters. The fraction of sp³-hybridized carbons (Fsp3) is 0.286. The summed E-state index contributed by atoms with van der Waals surface area (Å²) in [6.45, 7) is 1.28. The summed E-state index contributed by atoms with van der Waals surface area (Å²) in [6, 6.07) is 15.7. The monoisotopic (exact) mass is 491 g/mol. The fourth-order valence-corrected chi connectivity index (χ4v) is 5.81. The van der Waals surface area contributed by atoms with Gasteiger partial charge in [-0.15, -0.1) is 10.2 Å². The molecule has 0 saturated carbocycles. The third-order valence-electron chi connectivity index (χ3n) is 5.23. The number of carbonyl (C=O) groups excluding carboxylic acids is 1. The number of halogens is 1. The molecule has 0 radical (unpaired) electrons. The molecule has 1 aliphatic rings. The SMILES string of the molecule is Cn1c(SCC(=O)N2CCN(S(=O)(=O)c3ccccc3)CC2)nnc1-c1ccc(Cl)cc1. The average molecular weight is 492 g/mol. The molecule has 0 atom stereocenters. The van der Waals surface area contributed by atoms with Gasteiger partial charge in [0.25, 0.3) is 0 Å². The van der Waals surface area contributed by atoms with Crippen molar-refractivity contribution in [2.75, 3.05) is 31.9 Å². The van der Waals surface area contributed by atoms with Crippen molar-refractivity contribution in [1.82, 2.24) is 24.0 Å². The first-order valence-electron chi connectivity index (χ1n) is 9.97. The maximum Gasteiger partial charge on any atom is 0.243 e. The van der Waals surface area contributed by atoms with Crippen LogP contribution >= 0.6 is 23.4 Å². The molecular weight excluding hydrogens is 470 g/mol. The molecule has 0 bridgehead atoms. The molecule has 4 rings (SSSR count). The molecule has 0 spiro atoms. The van der Waals surface area contributed by atoms with Crippen LogP contribution in [0.2, 0.25) is 5.02 Å². The van der Waals surface area contributed by atoms with Crippen LogP contribution in [0.4, 0.5) is 0 Å². The molecule has 2 heterocycles. The topological polar surface area (TPSA) is 88.4 Å². The minimum absolute atomic E-state index is 0.0530. The van der Waals surface area contributed by atoms with Crippen LogP contribution in [0.25, 0.3) is 11.4 Å². The lowest BCUT2D eigenvalue weighted by molar-refractivity contribution is -0.129. The van der Waals surface area contributed by atoms with E-state index in [9.17, 15) is 13.2 Å². The second-order valence-corrected chi connectivity index (χ2v) is 10.6. The Bertz CT molecular complexity index is 1190. The predicted molar refractivity (Wildman–Crippen MR) is 124 cm³/mol. The minimum Gasteiger partial charge on any atom is -0.339 e. The Hall–Kier alpha value is -2.40. The van der Waals surface area contributed by atoms with Gasteiger partial charge in [-0.1, -0.05) is 41.6 Å². The Morgan fingerprint density at radius 1 is 1.00 bits per heavy atom. The summed E-state index contributed by atoms with van der Waals surface area (Å²) in [5, 5.41) is 9.70. The first-order chi connectivity index (χ1) is 15.4. The number of sulfonamides is 1. The molecule has 0 N–H and O–H groups in total. The lowest BCUT2D eigenvalue weighted by atomic mass is 10.2. The molecule has 32 heavy (non-hydrogen) atoms. The lowest BCUT2D eigenvalue weighted by Gasteiger charge is -2.34. The highest BCUT2D eigenvalue weighted by Crippen LogP contribution is 2.24. The van der Waals surface area contributed by atoms with E-state index in [2.05, 4.69) is 10.2 Å². The molecule has 1 amide bonds. The summed E-state index contributed by atoms with van der Waals surface area (Å²) < 4.78 is 28.8. The van der Waals surface area contributed by atoms with Gasteiger partial charge in [-0.2, -0.15) is 4.31 Å². The largest absolute Gasteiger partial charge is 0.339 e. The Kier molecular flexibility index (Phi) is 6.85. The molecule has 1 aliphatic heterocycles. The van der Waals surface area contributed by atoms with E-state index < -0.39 is 10.0 Å². The smallest absolute Gasteiger partial charge is 0.243 e. The first kappa shape index (κ1) is 22.8. The zero-order valence-corrected chi connectivity index (χ0v) is 19.8. The number of benzene rings is 2. The number of hydrogen-bond donors (Lipinski definition) is 0. The quantitative estimate of drug-likeness (QED) is 0.493. The van der Waals surface area contributed by atoms with Gasteiger partial charge in [0, 0.05) is 43.8 Å². The van der Waals surface area contributed by atoms with Crippen LogP contribution in [0.15, 0.2) is 64.6 Å². The highest BCUT2D eigenvalue weighted by atomic mass is 35.5. The van der Waals surface area contributed by atoms with Crippen LogP contribution < -0.4 is 0 Å². The number of thioether (sulfide) groups is 1. The molecule has 1 fully saturated rings. The minimum atomic E-state index is -3.54. The van der Waals surface area contributed by atoms with Gasteiger partial charge in [-0.3, -0.25) is 4.79 Å².